The van der Waals surface area contributed by atoms with E-state index in [9.17, 15) is 4.79 Å². The summed E-state index contributed by atoms with van der Waals surface area (Å²) in [7, 11) is 1.87. The van der Waals surface area contributed by atoms with Gasteiger partial charge >= 0.3 is 0 Å². The number of benzene rings is 1. The van der Waals surface area contributed by atoms with E-state index in [4.69, 9.17) is 0 Å². The first kappa shape index (κ1) is 14.8. The van der Waals surface area contributed by atoms with Crippen LogP contribution < -0.4 is 5.32 Å². The molecule has 0 unspecified atom stereocenters. The minimum Gasteiger partial charge on any atom is -0.322 e. The highest BCUT2D eigenvalue weighted by Gasteiger charge is 2.17. The van der Waals surface area contributed by atoms with Gasteiger partial charge in [-0.2, -0.15) is 5.10 Å². The fourth-order valence-electron chi connectivity index (χ4n) is 2.89. The Morgan fingerprint density at radius 2 is 1.86 bits per heavy atom. The Labute approximate surface area is 130 Å². The van der Waals surface area contributed by atoms with E-state index in [2.05, 4.69) is 39.6 Å². The molecule has 1 N–H and O–H groups in total. The highest BCUT2D eigenvalue weighted by atomic mass is 16.2. The first-order chi connectivity index (χ1) is 10.6. The van der Waals surface area contributed by atoms with Gasteiger partial charge in [0.1, 0.15) is 0 Å². The van der Waals surface area contributed by atoms with E-state index in [0.29, 0.717) is 6.54 Å². The number of carbonyl (C=O) groups excluding carboxylic acids is 1. The molecule has 2 aromatic rings. The summed E-state index contributed by atoms with van der Waals surface area (Å²) in [4.78, 5) is 14.5. The van der Waals surface area contributed by atoms with Crippen molar-refractivity contribution in [3.63, 3.8) is 0 Å². The molecule has 0 saturated heterocycles. The Hall–Kier alpha value is -2.14. The summed E-state index contributed by atoms with van der Waals surface area (Å²) in [6.45, 7) is 4.24. The third-order valence-electron chi connectivity index (χ3n) is 4.39. The molecule has 0 aliphatic carbocycles. The van der Waals surface area contributed by atoms with Crippen molar-refractivity contribution in [2.75, 3.05) is 25.0 Å². The number of hydrogen-bond donors (Lipinski definition) is 1. The van der Waals surface area contributed by atoms with Crippen molar-refractivity contribution in [1.82, 2.24) is 14.7 Å². The molecule has 1 aromatic heterocycles. The average Bonchev–Trinajstić information content (AvgIpc) is 2.73. The Morgan fingerprint density at radius 1 is 1.23 bits per heavy atom. The van der Waals surface area contributed by atoms with Crippen molar-refractivity contribution in [1.29, 1.82) is 0 Å². The van der Waals surface area contributed by atoms with Crippen LogP contribution >= 0.6 is 0 Å². The Kier molecular flexibility index (Phi) is 4.24. The second-order valence-electron chi connectivity index (χ2n) is 5.86. The Bertz CT molecular complexity index is 650. The van der Waals surface area contributed by atoms with Gasteiger partial charge in [0.2, 0.25) is 5.91 Å². The van der Waals surface area contributed by atoms with Crippen molar-refractivity contribution in [2.45, 2.75) is 19.8 Å². The van der Waals surface area contributed by atoms with Crippen LogP contribution in [0.3, 0.4) is 0 Å². The molecule has 1 aromatic carbocycles. The second kappa shape index (κ2) is 6.32. The predicted octanol–water partition coefficient (Wildman–Crippen LogP) is 1.77. The van der Waals surface area contributed by atoms with E-state index in [0.717, 1.165) is 37.3 Å². The van der Waals surface area contributed by atoms with Crippen molar-refractivity contribution in [2.24, 2.45) is 7.05 Å². The molecular weight excluding hydrogens is 276 g/mol. The number of carbonyl (C=O) groups is 1. The maximum Gasteiger partial charge on any atom is 0.238 e. The molecule has 2 heterocycles. The van der Waals surface area contributed by atoms with Gasteiger partial charge < -0.3 is 5.32 Å². The third-order valence-corrected chi connectivity index (χ3v) is 4.39. The summed E-state index contributed by atoms with van der Waals surface area (Å²) >= 11 is 0. The van der Waals surface area contributed by atoms with Gasteiger partial charge in [-0.25, -0.2) is 0 Å². The van der Waals surface area contributed by atoms with Crippen LogP contribution in [0.2, 0.25) is 0 Å². The highest BCUT2D eigenvalue weighted by molar-refractivity contribution is 5.92. The maximum absolute atomic E-state index is 12.2. The number of anilines is 1. The predicted molar refractivity (Wildman–Crippen MR) is 86.9 cm³/mol. The molecule has 5 heteroatoms. The van der Waals surface area contributed by atoms with E-state index in [1.54, 1.807) is 10.9 Å². The fourth-order valence-corrected chi connectivity index (χ4v) is 2.89. The Balaban J connectivity index is 1.58. The van der Waals surface area contributed by atoms with E-state index in [1.807, 2.05) is 14.0 Å². The van der Waals surface area contributed by atoms with Crippen molar-refractivity contribution < 1.29 is 4.79 Å². The minimum absolute atomic E-state index is 0.0297. The molecule has 0 saturated carbocycles. The smallest absolute Gasteiger partial charge is 0.238 e. The molecular formula is C17H22N4O. The lowest BCUT2D eigenvalue weighted by atomic mass is 10.0. The first-order valence-corrected chi connectivity index (χ1v) is 7.71. The van der Waals surface area contributed by atoms with Crippen LogP contribution in [0, 0.1) is 6.92 Å². The van der Waals surface area contributed by atoms with Crippen LogP contribution in [0.1, 0.15) is 16.8 Å². The normalized spacial score (nSPS) is 15.2. The lowest BCUT2D eigenvalue weighted by Gasteiger charge is -2.18. The molecule has 116 valence electrons. The number of amides is 1. The summed E-state index contributed by atoms with van der Waals surface area (Å²) < 4.78 is 1.76. The zero-order valence-electron chi connectivity index (χ0n) is 13.2. The van der Waals surface area contributed by atoms with Crippen LogP contribution in [0.25, 0.3) is 0 Å². The molecule has 0 fully saturated rings. The van der Waals surface area contributed by atoms with Crippen molar-refractivity contribution in [3.05, 3.63) is 47.3 Å². The molecule has 3 rings (SSSR count). The van der Waals surface area contributed by atoms with E-state index >= 15 is 0 Å². The monoisotopic (exact) mass is 298 g/mol. The molecule has 0 bridgehead atoms. The van der Waals surface area contributed by atoms with Crippen LogP contribution in [0.4, 0.5) is 5.69 Å². The second-order valence-corrected chi connectivity index (χ2v) is 5.86. The largest absolute Gasteiger partial charge is 0.322 e. The summed E-state index contributed by atoms with van der Waals surface area (Å²) in [6, 6.07) is 8.56. The molecule has 1 aliphatic heterocycles. The van der Waals surface area contributed by atoms with Gasteiger partial charge in [0, 0.05) is 20.1 Å². The summed E-state index contributed by atoms with van der Waals surface area (Å²) in [6.07, 6.45) is 3.72. The SMILES string of the molecule is Cc1c(NC(=O)CN2CCc3ccccc3CC2)cnn1C. The molecule has 0 radical (unpaired) electrons. The number of fused-ring (bicyclic) bond motifs is 1. The fraction of sp³-hybridized carbons (Fsp3) is 0.412. The van der Waals surface area contributed by atoms with E-state index < -0.39 is 0 Å². The quantitative estimate of drug-likeness (QED) is 0.939. The molecule has 0 atom stereocenters. The molecule has 0 spiro atoms. The molecule has 5 nitrogen and oxygen atoms in total. The van der Waals surface area contributed by atoms with Gasteiger partial charge in [-0.05, 0) is 30.9 Å². The zero-order chi connectivity index (χ0) is 15.5. The number of aromatic nitrogens is 2. The van der Waals surface area contributed by atoms with Gasteiger partial charge in [-0.3, -0.25) is 14.4 Å². The summed E-state index contributed by atoms with van der Waals surface area (Å²) in [5.41, 5.74) is 4.59. The highest BCUT2D eigenvalue weighted by Crippen LogP contribution is 2.16. The maximum atomic E-state index is 12.2. The minimum atomic E-state index is 0.0297. The van der Waals surface area contributed by atoms with Crippen LogP contribution in [0.15, 0.2) is 30.5 Å². The summed E-state index contributed by atoms with van der Waals surface area (Å²) in [5.74, 6) is 0.0297. The number of nitrogens with one attached hydrogen (secondary N) is 1. The Morgan fingerprint density at radius 3 is 2.41 bits per heavy atom. The van der Waals surface area contributed by atoms with Crippen molar-refractivity contribution in [3.8, 4) is 0 Å². The average molecular weight is 298 g/mol. The molecule has 1 aliphatic rings. The van der Waals surface area contributed by atoms with Crippen molar-refractivity contribution >= 4 is 11.6 Å². The van der Waals surface area contributed by atoms with E-state index in [-0.39, 0.29) is 5.91 Å². The molecule has 22 heavy (non-hydrogen) atoms. The van der Waals surface area contributed by atoms with Gasteiger partial charge in [0.25, 0.3) is 0 Å². The zero-order valence-corrected chi connectivity index (χ0v) is 13.2. The van der Waals surface area contributed by atoms with Gasteiger partial charge in [-0.15, -0.1) is 0 Å². The summed E-state index contributed by atoms with van der Waals surface area (Å²) in [5, 5.41) is 7.10. The van der Waals surface area contributed by atoms with Crippen LogP contribution in [-0.2, 0) is 24.7 Å². The third kappa shape index (κ3) is 3.20. The number of nitrogens with zero attached hydrogens (tertiary/aromatic N) is 3. The van der Waals surface area contributed by atoms with Crippen LogP contribution in [-0.4, -0.2) is 40.2 Å². The molecule has 1 amide bonds. The standard InChI is InChI=1S/C17H22N4O/c1-13-16(11-18-20(13)2)19-17(22)12-21-9-7-14-5-3-4-6-15(14)8-10-21/h3-6,11H,7-10,12H2,1-2H3,(H,19,22). The number of hydrogen-bond acceptors (Lipinski definition) is 3. The van der Waals surface area contributed by atoms with E-state index in [1.165, 1.54) is 11.1 Å². The topological polar surface area (TPSA) is 50.2 Å². The lowest BCUT2D eigenvalue weighted by Crippen LogP contribution is -2.35. The first-order valence-electron chi connectivity index (χ1n) is 7.71. The van der Waals surface area contributed by atoms with Crippen LogP contribution in [0.5, 0.6) is 0 Å². The van der Waals surface area contributed by atoms with Gasteiger partial charge in [0.05, 0.1) is 24.1 Å². The lowest BCUT2D eigenvalue weighted by molar-refractivity contribution is -0.117. The van der Waals surface area contributed by atoms with Gasteiger partial charge in [-0.1, -0.05) is 24.3 Å². The van der Waals surface area contributed by atoms with Gasteiger partial charge in [0.15, 0.2) is 0 Å². The number of rotatable bonds is 3. The number of aryl methyl sites for hydroxylation is 1.